The van der Waals surface area contributed by atoms with Gasteiger partial charge >= 0.3 is 12.1 Å². The van der Waals surface area contributed by atoms with Gasteiger partial charge in [0.05, 0.1) is 29.4 Å². The van der Waals surface area contributed by atoms with E-state index >= 15 is 0 Å². The Labute approximate surface area is 169 Å². The molecule has 0 saturated heterocycles. The van der Waals surface area contributed by atoms with Crippen molar-refractivity contribution in [3.8, 4) is 22.9 Å². The highest BCUT2D eigenvalue weighted by Gasteiger charge is 2.32. The minimum atomic E-state index is -4.56. The molecule has 2 aromatic carbocycles. The number of nitriles is 1. The summed E-state index contributed by atoms with van der Waals surface area (Å²) < 4.78 is 45.4. The number of anilines is 1. The van der Waals surface area contributed by atoms with E-state index in [1.807, 2.05) is 6.07 Å². The van der Waals surface area contributed by atoms with E-state index in [4.69, 9.17) is 10.5 Å². The number of halogens is 3. The quantitative estimate of drug-likeness (QED) is 0.485. The molecule has 3 rings (SSSR count). The lowest BCUT2D eigenvalue weighted by molar-refractivity contribution is -0.140. The summed E-state index contributed by atoms with van der Waals surface area (Å²) in [5, 5.41) is 20.0. The van der Waals surface area contributed by atoms with E-state index in [9.17, 15) is 28.3 Å². The van der Waals surface area contributed by atoms with Gasteiger partial charge in [-0.05, 0) is 37.1 Å². The first kappa shape index (κ1) is 21.0. The molecule has 0 spiro atoms. The Balaban J connectivity index is 2.58. The number of nitrogen functional groups attached to an aromatic ring is 1. The lowest BCUT2D eigenvalue weighted by Crippen LogP contribution is -2.18. The monoisotopic (exact) mass is 417 g/mol. The summed E-state index contributed by atoms with van der Waals surface area (Å²) in [6, 6.07) is 7.76. The van der Waals surface area contributed by atoms with Gasteiger partial charge in [-0.1, -0.05) is 12.1 Å². The average Bonchev–Trinajstić information content (AvgIpc) is 2.93. The third-order valence-electron chi connectivity index (χ3n) is 5.08. The molecule has 0 atom stereocenters. The summed E-state index contributed by atoms with van der Waals surface area (Å²) >= 11 is 0. The number of carbonyl (C=O) groups excluding carboxylic acids is 1. The topological polar surface area (TPSA) is 101 Å². The van der Waals surface area contributed by atoms with E-state index in [1.54, 1.807) is 19.1 Å². The molecule has 0 aliphatic rings. The van der Waals surface area contributed by atoms with Crippen molar-refractivity contribution in [1.29, 1.82) is 5.26 Å². The number of benzene rings is 2. The van der Waals surface area contributed by atoms with Crippen molar-refractivity contribution in [2.24, 2.45) is 0 Å². The number of carbonyl (C=O) groups is 1. The molecular weight excluding hydrogens is 399 g/mol. The average molecular weight is 417 g/mol. The molecule has 1 aromatic heterocycles. The number of hydrogen-bond acceptors (Lipinski definition) is 5. The second-order valence-electron chi connectivity index (χ2n) is 6.82. The van der Waals surface area contributed by atoms with Crippen molar-refractivity contribution >= 4 is 22.6 Å². The summed E-state index contributed by atoms with van der Waals surface area (Å²) in [5.74, 6) is -0.891. The van der Waals surface area contributed by atoms with Crippen molar-refractivity contribution in [3.05, 3.63) is 46.6 Å². The molecular formula is C21H18F3N3O3. The zero-order valence-corrected chi connectivity index (χ0v) is 16.4. The Hall–Kier alpha value is -3.67. The van der Waals surface area contributed by atoms with Gasteiger partial charge in [-0.25, -0.2) is 4.79 Å². The van der Waals surface area contributed by atoms with E-state index in [-0.39, 0.29) is 44.7 Å². The van der Waals surface area contributed by atoms with Crippen molar-refractivity contribution < 1.29 is 27.8 Å². The number of phenols is 1. The van der Waals surface area contributed by atoms with Gasteiger partial charge in [0.1, 0.15) is 18.4 Å². The van der Waals surface area contributed by atoms with Crippen LogP contribution in [0, 0.1) is 25.2 Å². The number of alkyl halides is 3. The van der Waals surface area contributed by atoms with Crippen LogP contribution < -0.4 is 5.73 Å². The number of phenolic OH excluding ortho intramolecular Hbond substituents is 1. The van der Waals surface area contributed by atoms with Crippen LogP contribution in [0.2, 0.25) is 0 Å². The predicted octanol–water partition coefficient (Wildman–Crippen LogP) is 4.43. The van der Waals surface area contributed by atoms with Crippen LogP contribution in [0.5, 0.6) is 5.75 Å². The molecule has 0 fully saturated rings. The molecule has 0 bridgehead atoms. The Kier molecular flexibility index (Phi) is 5.12. The number of rotatable bonds is 3. The van der Waals surface area contributed by atoms with Crippen LogP contribution in [0.25, 0.3) is 22.0 Å². The Morgan fingerprint density at radius 3 is 2.57 bits per heavy atom. The molecule has 3 aromatic rings. The predicted molar refractivity (Wildman–Crippen MR) is 105 cm³/mol. The summed E-state index contributed by atoms with van der Waals surface area (Å²) in [6.45, 7) is 1.66. The highest BCUT2D eigenvalue weighted by molar-refractivity contribution is 6.12. The molecule has 0 radical (unpaired) electrons. The van der Waals surface area contributed by atoms with Crippen molar-refractivity contribution in [2.75, 3.05) is 12.8 Å². The number of fused-ring (bicyclic) bond motifs is 1. The number of aromatic hydroxyl groups is 1. The number of nitrogens with two attached hydrogens (primary N) is 1. The number of hydrogen-bond donors (Lipinski definition) is 2. The van der Waals surface area contributed by atoms with Crippen LogP contribution in [-0.2, 0) is 11.3 Å². The first-order chi connectivity index (χ1) is 14.0. The number of nitrogens with zero attached hydrogens (tertiary/aromatic N) is 2. The molecule has 9 heteroatoms. The summed E-state index contributed by atoms with van der Waals surface area (Å²) in [5.41, 5.74) is 7.19. The molecule has 0 aliphatic carbocycles. The molecule has 3 N–H and O–H groups in total. The van der Waals surface area contributed by atoms with Gasteiger partial charge in [0, 0.05) is 16.6 Å². The van der Waals surface area contributed by atoms with Crippen molar-refractivity contribution in [1.82, 2.24) is 4.57 Å². The molecule has 6 nitrogen and oxygen atoms in total. The van der Waals surface area contributed by atoms with E-state index in [2.05, 4.69) is 0 Å². The Morgan fingerprint density at radius 2 is 2.00 bits per heavy atom. The minimum absolute atomic E-state index is 0.00936. The van der Waals surface area contributed by atoms with E-state index in [1.165, 1.54) is 19.1 Å². The van der Waals surface area contributed by atoms with Gasteiger partial charge in [0.15, 0.2) is 0 Å². The maximum absolute atomic E-state index is 13.3. The number of methoxy groups -OCH3 is 1. The highest BCUT2D eigenvalue weighted by Crippen LogP contribution is 2.43. The summed E-state index contributed by atoms with van der Waals surface area (Å²) in [6.07, 6.45) is -4.56. The van der Waals surface area contributed by atoms with E-state index < -0.39 is 18.7 Å². The van der Waals surface area contributed by atoms with Gasteiger partial charge in [0.25, 0.3) is 0 Å². The Morgan fingerprint density at radius 1 is 1.33 bits per heavy atom. The fraction of sp³-hybridized carbons (Fsp3) is 0.238. The van der Waals surface area contributed by atoms with Crippen molar-refractivity contribution in [2.45, 2.75) is 26.6 Å². The minimum Gasteiger partial charge on any atom is -0.508 e. The number of ether oxygens (including phenoxy) is 1. The van der Waals surface area contributed by atoms with E-state index in [0.29, 0.717) is 11.1 Å². The molecule has 0 unspecified atom stereocenters. The van der Waals surface area contributed by atoms with Gasteiger partial charge in [0.2, 0.25) is 0 Å². The lowest BCUT2D eigenvalue weighted by atomic mass is 9.91. The maximum atomic E-state index is 13.3. The standard InChI is InChI=1S/C21H18F3N3O3/c1-10-12(5-4-6-16(10)28)18-17-14(8-25)11(2)27(9-21(22,23)24)15(17)7-13(19(18)26)20(29)30-3/h4-7,28H,9,26H2,1-3H3. The third kappa shape index (κ3) is 3.30. The third-order valence-corrected chi connectivity index (χ3v) is 5.08. The van der Waals surface area contributed by atoms with Gasteiger partial charge < -0.3 is 20.1 Å². The first-order valence-corrected chi connectivity index (χ1v) is 8.81. The second kappa shape index (κ2) is 7.30. The zero-order valence-electron chi connectivity index (χ0n) is 16.4. The van der Waals surface area contributed by atoms with Gasteiger partial charge in [-0.2, -0.15) is 18.4 Å². The van der Waals surface area contributed by atoms with Gasteiger partial charge in [-0.15, -0.1) is 0 Å². The lowest BCUT2D eigenvalue weighted by Gasteiger charge is -2.16. The molecule has 0 aliphatic heterocycles. The molecule has 0 amide bonds. The SMILES string of the molecule is COC(=O)c1cc2c(c(C#N)c(C)n2CC(F)(F)F)c(-c2cccc(O)c2C)c1N. The first-order valence-electron chi connectivity index (χ1n) is 8.81. The van der Waals surface area contributed by atoms with Crippen LogP contribution in [0.15, 0.2) is 24.3 Å². The normalized spacial score (nSPS) is 11.5. The molecule has 0 saturated carbocycles. The number of esters is 1. The molecule has 156 valence electrons. The fourth-order valence-electron chi connectivity index (χ4n) is 3.62. The molecule has 30 heavy (non-hydrogen) atoms. The zero-order chi connectivity index (χ0) is 22.4. The largest absolute Gasteiger partial charge is 0.508 e. The van der Waals surface area contributed by atoms with Crippen LogP contribution in [0.1, 0.15) is 27.2 Å². The van der Waals surface area contributed by atoms with Crippen molar-refractivity contribution in [3.63, 3.8) is 0 Å². The summed E-state index contributed by atoms with van der Waals surface area (Å²) in [4.78, 5) is 12.3. The number of aromatic nitrogens is 1. The maximum Gasteiger partial charge on any atom is 0.406 e. The highest BCUT2D eigenvalue weighted by atomic mass is 19.4. The van der Waals surface area contributed by atoms with Crippen LogP contribution in [-0.4, -0.2) is 28.9 Å². The van der Waals surface area contributed by atoms with Crippen LogP contribution in [0.3, 0.4) is 0 Å². The summed E-state index contributed by atoms with van der Waals surface area (Å²) in [7, 11) is 1.13. The van der Waals surface area contributed by atoms with Gasteiger partial charge in [-0.3, -0.25) is 0 Å². The smallest absolute Gasteiger partial charge is 0.406 e. The fourth-order valence-corrected chi connectivity index (χ4v) is 3.62. The second-order valence-corrected chi connectivity index (χ2v) is 6.82. The van der Waals surface area contributed by atoms with Crippen LogP contribution in [0.4, 0.5) is 18.9 Å². The van der Waals surface area contributed by atoms with Crippen LogP contribution >= 0.6 is 0 Å². The Bertz CT molecular complexity index is 1220. The molecule has 1 heterocycles. The van der Waals surface area contributed by atoms with E-state index in [0.717, 1.165) is 11.7 Å².